The molecule has 17 heavy (non-hydrogen) atoms. The average Bonchev–Trinajstić information content (AvgIpc) is 2.71. The quantitative estimate of drug-likeness (QED) is 0.799. The van der Waals surface area contributed by atoms with E-state index in [0.29, 0.717) is 13.1 Å². The predicted molar refractivity (Wildman–Crippen MR) is 71.1 cm³/mol. The van der Waals surface area contributed by atoms with E-state index in [0.717, 1.165) is 10.4 Å². The summed E-state index contributed by atoms with van der Waals surface area (Å²) in [5.74, 6) is 5.66. The zero-order valence-corrected chi connectivity index (χ0v) is 11.5. The molecule has 0 saturated heterocycles. The largest absolute Gasteiger partial charge is 0.320 e. The third-order valence-corrected chi connectivity index (χ3v) is 4.78. The Morgan fingerprint density at radius 1 is 1.53 bits per heavy atom. The number of hydrogen-bond acceptors (Lipinski definition) is 4. The Kier molecular flexibility index (Phi) is 5.15. The second kappa shape index (κ2) is 6.17. The van der Waals surface area contributed by atoms with Crippen molar-refractivity contribution in [3.63, 3.8) is 0 Å². The highest BCUT2D eigenvalue weighted by Crippen LogP contribution is 2.14. The van der Waals surface area contributed by atoms with E-state index in [1.54, 1.807) is 13.8 Å². The average molecular weight is 272 g/mol. The van der Waals surface area contributed by atoms with E-state index in [1.165, 1.54) is 11.3 Å². The molecule has 0 radical (unpaired) electrons. The van der Waals surface area contributed by atoms with E-state index >= 15 is 0 Å². The maximum absolute atomic E-state index is 11.5. The topological polar surface area (TPSA) is 72.2 Å². The molecule has 0 aromatic carbocycles. The summed E-state index contributed by atoms with van der Waals surface area (Å²) in [7, 11) is -3.20. The highest BCUT2D eigenvalue weighted by Gasteiger charge is 2.15. The zero-order chi connectivity index (χ0) is 12.9. The fourth-order valence-corrected chi connectivity index (χ4v) is 2.57. The summed E-state index contributed by atoms with van der Waals surface area (Å²) in [5, 5.41) is 1.47. The van der Waals surface area contributed by atoms with Crippen molar-refractivity contribution in [2.24, 2.45) is 5.73 Å². The monoisotopic (exact) mass is 272 g/mol. The van der Waals surface area contributed by atoms with Crippen molar-refractivity contribution in [2.45, 2.75) is 25.6 Å². The normalized spacial score (nSPS) is 11.3. The van der Waals surface area contributed by atoms with Crippen LogP contribution in [-0.2, 0) is 16.6 Å². The maximum Gasteiger partial charge on any atom is 0.214 e. The Bertz CT molecular complexity index is 521. The molecule has 0 aliphatic rings. The molecule has 0 bridgehead atoms. The Labute approximate surface area is 106 Å². The lowest BCUT2D eigenvalue weighted by atomic mass is 10.3. The van der Waals surface area contributed by atoms with Gasteiger partial charge in [0.05, 0.1) is 11.8 Å². The molecular weight excluding hydrogens is 256 g/mol. The van der Waals surface area contributed by atoms with E-state index in [1.807, 2.05) is 11.4 Å². The Hall–Kier alpha value is -0.870. The predicted octanol–water partition coefficient (Wildman–Crippen LogP) is 0.886. The molecule has 0 saturated carbocycles. The van der Waals surface area contributed by atoms with Gasteiger partial charge in [-0.15, -0.1) is 11.3 Å². The number of nitrogens with one attached hydrogen (secondary N) is 1. The first kappa shape index (κ1) is 14.2. The van der Waals surface area contributed by atoms with E-state index in [-0.39, 0.29) is 0 Å². The first-order valence-corrected chi connectivity index (χ1v) is 7.63. The molecule has 0 aliphatic carbocycles. The van der Waals surface area contributed by atoms with Crippen LogP contribution in [0.4, 0.5) is 0 Å². The van der Waals surface area contributed by atoms with Crippen LogP contribution in [0.15, 0.2) is 11.4 Å². The van der Waals surface area contributed by atoms with Gasteiger partial charge in [0, 0.05) is 22.4 Å². The number of hydrogen-bond donors (Lipinski definition) is 2. The molecule has 1 rings (SSSR count). The van der Waals surface area contributed by atoms with Crippen LogP contribution in [0, 0.1) is 11.8 Å². The van der Waals surface area contributed by atoms with Gasteiger partial charge >= 0.3 is 0 Å². The molecule has 1 heterocycles. The molecule has 1 aromatic heterocycles. The summed E-state index contributed by atoms with van der Waals surface area (Å²) < 4.78 is 25.6. The molecule has 1 aromatic rings. The molecule has 0 amide bonds. The lowest BCUT2D eigenvalue weighted by Gasteiger charge is -2.07. The fraction of sp³-hybridized carbons (Fsp3) is 0.455. The second-order valence-corrected chi connectivity index (χ2v) is 7.04. The SMILES string of the molecule is CC(C)S(=O)(=O)NCc1cc(C#CCN)cs1. The molecule has 0 atom stereocenters. The Balaban J connectivity index is 2.62. The van der Waals surface area contributed by atoms with Crippen LogP contribution in [0.2, 0.25) is 0 Å². The van der Waals surface area contributed by atoms with Gasteiger partial charge in [0.2, 0.25) is 10.0 Å². The van der Waals surface area contributed by atoms with Crippen molar-refractivity contribution in [1.82, 2.24) is 4.72 Å². The van der Waals surface area contributed by atoms with Gasteiger partial charge in [-0.05, 0) is 19.9 Å². The molecule has 6 heteroatoms. The van der Waals surface area contributed by atoms with Gasteiger partial charge in [-0.2, -0.15) is 0 Å². The minimum absolute atomic E-state index is 0.315. The van der Waals surface area contributed by atoms with Crippen molar-refractivity contribution >= 4 is 21.4 Å². The van der Waals surface area contributed by atoms with Crippen molar-refractivity contribution in [3.8, 4) is 11.8 Å². The third-order valence-electron chi connectivity index (χ3n) is 2.06. The summed E-state index contributed by atoms with van der Waals surface area (Å²) >= 11 is 1.48. The van der Waals surface area contributed by atoms with E-state index in [2.05, 4.69) is 16.6 Å². The maximum atomic E-state index is 11.5. The minimum atomic E-state index is -3.20. The summed E-state index contributed by atoms with van der Waals surface area (Å²) in [6.45, 7) is 3.93. The van der Waals surface area contributed by atoms with Crippen LogP contribution in [0.25, 0.3) is 0 Å². The molecular formula is C11H16N2O2S2. The lowest BCUT2D eigenvalue weighted by molar-refractivity contribution is 0.572. The van der Waals surface area contributed by atoms with Crippen LogP contribution < -0.4 is 10.5 Å². The molecule has 3 N–H and O–H groups in total. The van der Waals surface area contributed by atoms with Crippen LogP contribution >= 0.6 is 11.3 Å². The minimum Gasteiger partial charge on any atom is -0.320 e. The van der Waals surface area contributed by atoms with Crippen LogP contribution in [0.3, 0.4) is 0 Å². The number of sulfonamides is 1. The number of rotatable bonds is 4. The van der Waals surface area contributed by atoms with Crippen molar-refractivity contribution in [3.05, 3.63) is 21.9 Å². The fourth-order valence-electron chi connectivity index (χ4n) is 1.03. The van der Waals surface area contributed by atoms with E-state index < -0.39 is 15.3 Å². The van der Waals surface area contributed by atoms with E-state index in [9.17, 15) is 8.42 Å². The number of nitrogens with two attached hydrogens (primary N) is 1. The van der Waals surface area contributed by atoms with Crippen LogP contribution in [-0.4, -0.2) is 20.2 Å². The summed E-state index contributed by atoms with van der Waals surface area (Å²) in [6, 6.07) is 1.87. The van der Waals surface area contributed by atoms with Gasteiger partial charge in [-0.25, -0.2) is 13.1 Å². The molecule has 0 unspecified atom stereocenters. The molecule has 94 valence electrons. The van der Waals surface area contributed by atoms with Crippen molar-refractivity contribution in [2.75, 3.05) is 6.54 Å². The lowest BCUT2D eigenvalue weighted by Crippen LogP contribution is -2.29. The van der Waals surface area contributed by atoms with Gasteiger partial charge < -0.3 is 5.73 Å². The third kappa shape index (κ3) is 4.48. The van der Waals surface area contributed by atoms with Crippen molar-refractivity contribution in [1.29, 1.82) is 0 Å². The van der Waals surface area contributed by atoms with Gasteiger partial charge in [0.15, 0.2) is 0 Å². The van der Waals surface area contributed by atoms with Crippen LogP contribution in [0.5, 0.6) is 0 Å². The van der Waals surface area contributed by atoms with Gasteiger partial charge in [0.1, 0.15) is 0 Å². The van der Waals surface area contributed by atoms with Crippen LogP contribution in [0.1, 0.15) is 24.3 Å². The van der Waals surface area contributed by atoms with Gasteiger partial charge in [0.25, 0.3) is 0 Å². The molecule has 0 spiro atoms. The molecule has 4 nitrogen and oxygen atoms in total. The second-order valence-electron chi connectivity index (χ2n) is 3.72. The first-order valence-electron chi connectivity index (χ1n) is 5.20. The van der Waals surface area contributed by atoms with Gasteiger partial charge in [-0.1, -0.05) is 11.8 Å². The zero-order valence-electron chi connectivity index (χ0n) is 9.86. The molecule has 0 fully saturated rings. The summed E-state index contributed by atoms with van der Waals surface area (Å²) in [4.78, 5) is 0.940. The first-order chi connectivity index (χ1) is 7.95. The Morgan fingerprint density at radius 2 is 2.24 bits per heavy atom. The van der Waals surface area contributed by atoms with Gasteiger partial charge in [-0.3, -0.25) is 0 Å². The smallest absolute Gasteiger partial charge is 0.214 e. The van der Waals surface area contributed by atoms with Crippen molar-refractivity contribution < 1.29 is 8.42 Å². The summed E-state index contributed by atoms with van der Waals surface area (Å²) in [5.41, 5.74) is 6.14. The summed E-state index contributed by atoms with van der Waals surface area (Å²) in [6.07, 6.45) is 0. The Morgan fingerprint density at radius 3 is 2.82 bits per heavy atom. The number of thiophene rings is 1. The highest BCUT2D eigenvalue weighted by molar-refractivity contribution is 7.90. The molecule has 0 aliphatic heterocycles. The highest BCUT2D eigenvalue weighted by atomic mass is 32.2. The van der Waals surface area contributed by atoms with E-state index in [4.69, 9.17) is 5.73 Å². The standard InChI is InChI=1S/C11H16N2O2S2/c1-9(2)17(14,15)13-7-11-6-10(8-16-11)4-3-5-12/h6,8-9,13H,5,7,12H2,1-2H3.